The quantitative estimate of drug-likeness (QED) is 0.605. The Morgan fingerprint density at radius 3 is 2.46 bits per heavy atom. The van der Waals surface area contributed by atoms with E-state index in [4.69, 9.17) is 4.74 Å². The van der Waals surface area contributed by atoms with Crippen LogP contribution in [0.5, 0.6) is 5.75 Å². The average Bonchev–Trinajstić information content (AvgIpc) is 2.61. The maximum absolute atomic E-state index is 13.4. The van der Waals surface area contributed by atoms with Crippen molar-refractivity contribution < 1.29 is 13.9 Å². The van der Waals surface area contributed by atoms with E-state index in [0.29, 0.717) is 17.9 Å². The number of carbonyl (C=O) groups excluding carboxylic acids is 1. The maximum Gasteiger partial charge on any atom is 0.153 e. The van der Waals surface area contributed by atoms with Gasteiger partial charge in [0, 0.05) is 0 Å². The van der Waals surface area contributed by atoms with Crippen LogP contribution >= 0.6 is 0 Å². The molecule has 3 heteroatoms. The lowest BCUT2D eigenvalue weighted by Gasteiger charge is -2.14. The number of benzene rings is 3. The summed E-state index contributed by atoms with van der Waals surface area (Å²) in [5.74, 6) is 0.260. The summed E-state index contributed by atoms with van der Waals surface area (Å²) in [5.41, 5.74) is 3.86. The molecule has 0 radical (unpaired) electrons. The Hall–Kier alpha value is -2.94. The molecular weight excluding hydrogens is 303 g/mol. The maximum atomic E-state index is 13.4. The first-order valence-electron chi connectivity index (χ1n) is 7.70. The van der Waals surface area contributed by atoms with Crippen molar-refractivity contribution in [3.05, 3.63) is 89.2 Å². The molecule has 0 bridgehead atoms. The first kappa shape index (κ1) is 15.9. The summed E-state index contributed by atoms with van der Waals surface area (Å²) in [6.45, 7) is 2.28. The van der Waals surface area contributed by atoms with Crippen LogP contribution in [0.15, 0.2) is 66.7 Å². The van der Waals surface area contributed by atoms with E-state index in [2.05, 4.69) is 0 Å². The van der Waals surface area contributed by atoms with Gasteiger partial charge in [0.2, 0.25) is 0 Å². The van der Waals surface area contributed by atoms with Crippen LogP contribution < -0.4 is 4.74 Å². The fourth-order valence-electron chi connectivity index (χ4n) is 2.65. The molecule has 3 aromatic carbocycles. The Kier molecular flexibility index (Phi) is 4.71. The Labute approximate surface area is 140 Å². The molecule has 3 rings (SSSR count). The second-order valence-corrected chi connectivity index (χ2v) is 5.61. The molecule has 3 aromatic rings. The summed E-state index contributed by atoms with van der Waals surface area (Å²) in [6.07, 6.45) is 0.774. The highest BCUT2D eigenvalue weighted by Gasteiger charge is 2.11. The van der Waals surface area contributed by atoms with Crippen LogP contribution in [0.4, 0.5) is 4.39 Å². The minimum Gasteiger partial charge on any atom is -0.488 e. The minimum atomic E-state index is -0.304. The standard InChI is InChI=1S/C21H17FO2/c1-15-10-18(17-8-5-9-20(22)12-17)11-19(13-23)21(15)24-14-16-6-3-2-4-7-16/h2-13H,14H2,1H3. The number of hydrogen-bond acceptors (Lipinski definition) is 2. The molecule has 0 aliphatic rings. The Morgan fingerprint density at radius 2 is 1.75 bits per heavy atom. The zero-order valence-electron chi connectivity index (χ0n) is 13.3. The lowest BCUT2D eigenvalue weighted by molar-refractivity contribution is 0.111. The van der Waals surface area contributed by atoms with Crippen LogP contribution in [0.2, 0.25) is 0 Å². The van der Waals surface area contributed by atoms with Gasteiger partial charge in [-0.25, -0.2) is 4.39 Å². The van der Waals surface area contributed by atoms with E-state index in [-0.39, 0.29) is 5.82 Å². The molecule has 24 heavy (non-hydrogen) atoms. The van der Waals surface area contributed by atoms with Gasteiger partial charge in [-0.1, -0.05) is 42.5 Å². The minimum absolute atomic E-state index is 0.304. The predicted molar refractivity (Wildman–Crippen MR) is 92.7 cm³/mol. The van der Waals surface area contributed by atoms with E-state index in [1.807, 2.05) is 49.4 Å². The van der Waals surface area contributed by atoms with Gasteiger partial charge in [0.15, 0.2) is 6.29 Å². The molecule has 0 saturated heterocycles. The molecule has 0 amide bonds. The van der Waals surface area contributed by atoms with Gasteiger partial charge in [0.05, 0.1) is 5.56 Å². The van der Waals surface area contributed by atoms with E-state index >= 15 is 0 Å². The smallest absolute Gasteiger partial charge is 0.153 e. The Bertz CT molecular complexity index is 857. The number of hydrogen-bond donors (Lipinski definition) is 0. The molecule has 0 unspecified atom stereocenters. The number of carbonyl (C=O) groups is 1. The summed E-state index contributed by atoms with van der Waals surface area (Å²) in [5, 5.41) is 0. The third-order valence-corrected chi connectivity index (χ3v) is 3.81. The van der Waals surface area contributed by atoms with Crippen molar-refractivity contribution in [3.8, 4) is 16.9 Å². The van der Waals surface area contributed by atoms with E-state index in [1.165, 1.54) is 12.1 Å². The second-order valence-electron chi connectivity index (χ2n) is 5.61. The summed E-state index contributed by atoms with van der Waals surface area (Å²) >= 11 is 0. The number of rotatable bonds is 5. The van der Waals surface area contributed by atoms with Gasteiger partial charge in [-0.05, 0) is 53.4 Å². The molecule has 2 nitrogen and oxygen atoms in total. The number of aryl methyl sites for hydroxylation is 1. The van der Waals surface area contributed by atoms with Gasteiger partial charge in [-0.2, -0.15) is 0 Å². The summed E-state index contributed by atoms with van der Waals surface area (Å²) in [6, 6.07) is 19.7. The lowest BCUT2D eigenvalue weighted by Crippen LogP contribution is -2.01. The topological polar surface area (TPSA) is 26.3 Å². The highest BCUT2D eigenvalue weighted by molar-refractivity contribution is 5.84. The van der Waals surface area contributed by atoms with Crippen LogP contribution in [-0.4, -0.2) is 6.29 Å². The molecule has 0 aliphatic carbocycles. The average molecular weight is 320 g/mol. The summed E-state index contributed by atoms with van der Waals surface area (Å²) < 4.78 is 19.3. The van der Waals surface area contributed by atoms with E-state index < -0.39 is 0 Å². The molecule has 0 N–H and O–H groups in total. The van der Waals surface area contributed by atoms with Crippen molar-refractivity contribution in [2.75, 3.05) is 0 Å². The monoisotopic (exact) mass is 320 g/mol. The van der Waals surface area contributed by atoms with Gasteiger partial charge in [0.1, 0.15) is 18.2 Å². The molecule has 120 valence electrons. The van der Waals surface area contributed by atoms with Gasteiger partial charge < -0.3 is 4.74 Å². The molecule has 0 atom stereocenters. The van der Waals surface area contributed by atoms with E-state index in [1.54, 1.807) is 12.1 Å². The molecule has 0 aromatic heterocycles. The van der Waals surface area contributed by atoms with Gasteiger partial charge in [0.25, 0.3) is 0 Å². The predicted octanol–water partition coefficient (Wildman–Crippen LogP) is 5.19. The van der Waals surface area contributed by atoms with Crippen LogP contribution in [0.1, 0.15) is 21.5 Å². The first-order chi connectivity index (χ1) is 11.7. The number of ether oxygens (including phenoxy) is 1. The van der Waals surface area contributed by atoms with Crippen molar-refractivity contribution in [3.63, 3.8) is 0 Å². The van der Waals surface area contributed by atoms with Crippen LogP contribution in [-0.2, 0) is 6.61 Å². The van der Waals surface area contributed by atoms with Crippen molar-refractivity contribution in [1.29, 1.82) is 0 Å². The van der Waals surface area contributed by atoms with Crippen LogP contribution in [0.3, 0.4) is 0 Å². The molecule has 0 spiro atoms. The van der Waals surface area contributed by atoms with Crippen LogP contribution in [0, 0.1) is 12.7 Å². The second kappa shape index (κ2) is 7.09. The van der Waals surface area contributed by atoms with Gasteiger partial charge in [-0.15, -0.1) is 0 Å². The zero-order valence-corrected chi connectivity index (χ0v) is 13.3. The first-order valence-corrected chi connectivity index (χ1v) is 7.70. The summed E-state index contributed by atoms with van der Waals surface area (Å²) in [7, 11) is 0. The number of halogens is 1. The van der Waals surface area contributed by atoms with Crippen molar-refractivity contribution in [2.45, 2.75) is 13.5 Å². The highest BCUT2D eigenvalue weighted by atomic mass is 19.1. The Morgan fingerprint density at radius 1 is 0.958 bits per heavy atom. The molecular formula is C21H17FO2. The van der Waals surface area contributed by atoms with Crippen LogP contribution in [0.25, 0.3) is 11.1 Å². The molecule has 0 saturated carbocycles. The number of aldehydes is 1. The van der Waals surface area contributed by atoms with Crippen molar-refractivity contribution >= 4 is 6.29 Å². The zero-order chi connectivity index (χ0) is 16.9. The Balaban J connectivity index is 1.92. The third-order valence-electron chi connectivity index (χ3n) is 3.81. The fraction of sp³-hybridized carbons (Fsp3) is 0.0952. The summed E-state index contributed by atoms with van der Waals surface area (Å²) in [4.78, 5) is 11.5. The lowest BCUT2D eigenvalue weighted by atomic mass is 9.99. The molecule has 0 fully saturated rings. The third kappa shape index (κ3) is 3.51. The van der Waals surface area contributed by atoms with Crippen molar-refractivity contribution in [2.24, 2.45) is 0 Å². The largest absolute Gasteiger partial charge is 0.488 e. The van der Waals surface area contributed by atoms with E-state index in [9.17, 15) is 9.18 Å². The SMILES string of the molecule is Cc1cc(-c2cccc(F)c2)cc(C=O)c1OCc1ccccc1. The molecule has 0 aliphatic heterocycles. The fourth-order valence-corrected chi connectivity index (χ4v) is 2.65. The van der Waals surface area contributed by atoms with Gasteiger partial charge in [-0.3, -0.25) is 4.79 Å². The van der Waals surface area contributed by atoms with Gasteiger partial charge >= 0.3 is 0 Å². The van der Waals surface area contributed by atoms with Crippen molar-refractivity contribution in [1.82, 2.24) is 0 Å². The normalized spacial score (nSPS) is 10.4. The van der Waals surface area contributed by atoms with E-state index in [0.717, 1.165) is 28.5 Å². The molecule has 0 heterocycles. The highest BCUT2D eigenvalue weighted by Crippen LogP contribution is 2.30.